The number of ether oxygens (including phenoxy) is 1. The Labute approximate surface area is 134 Å². The maximum Gasteiger partial charge on any atom is 0.331 e. The van der Waals surface area contributed by atoms with Gasteiger partial charge in [0.25, 0.3) is 5.91 Å². The number of aryl methyl sites for hydroxylation is 2. The van der Waals surface area contributed by atoms with Crippen LogP contribution in [0, 0.1) is 13.8 Å². The van der Waals surface area contributed by atoms with Gasteiger partial charge in [0.2, 0.25) is 0 Å². The van der Waals surface area contributed by atoms with E-state index in [4.69, 9.17) is 4.74 Å². The number of imide groups is 1. The fourth-order valence-electron chi connectivity index (χ4n) is 3.37. The van der Waals surface area contributed by atoms with E-state index in [1.165, 1.54) is 0 Å². The molecular formula is C17H20N2O4. The molecule has 6 heteroatoms. The van der Waals surface area contributed by atoms with Crippen LogP contribution in [-0.4, -0.2) is 34.9 Å². The molecule has 0 radical (unpaired) electrons. The minimum Gasteiger partial charge on any atom is -0.425 e. The van der Waals surface area contributed by atoms with E-state index < -0.39 is 17.5 Å². The maximum absolute atomic E-state index is 12.5. The zero-order valence-corrected chi connectivity index (χ0v) is 13.3. The lowest BCUT2D eigenvalue weighted by atomic mass is 9.98. The summed E-state index contributed by atoms with van der Waals surface area (Å²) in [7, 11) is 0. The van der Waals surface area contributed by atoms with Crippen LogP contribution >= 0.6 is 0 Å². The van der Waals surface area contributed by atoms with E-state index in [0.717, 1.165) is 28.9 Å². The van der Waals surface area contributed by atoms with E-state index in [9.17, 15) is 14.4 Å². The van der Waals surface area contributed by atoms with E-state index in [0.29, 0.717) is 18.6 Å². The topological polar surface area (TPSA) is 75.7 Å². The molecule has 0 atom stereocenters. The molecule has 1 spiro atoms. The van der Waals surface area contributed by atoms with Gasteiger partial charge in [0.1, 0.15) is 17.8 Å². The highest BCUT2D eigenvalue weighted by Gasteiger charge is 2.52. The van der Waals surface area contributed by atoms with Gasteiger partial charge in [-0.15, -0.1) is 0 Å². The molecule has 3 amide bonds. The largest absolute Gasteiger partial charge is 0.425 e. The van der Waals surface area contributed by atoms with Gasteiger partial charge in [-0.25, -0.2) is 9.59 Å². The summed E-state index contributed by atoms with van der Waals surface area (Å²) in [6.07, 6.45) is 3.10. The first-order valence-electron chi connectivity index (χ1n) is 7.84. The predicted octanol–water partition coefficient (Wildman–Crippen LogP) is 2.07. The molecule has 23 heavy (non-hydrogen) atoms. The van der Waals surface area contributed by atoms with Crippen molar-refractivity contribution >= 4 is 17.9 Å². The third-order valence-corrected chi connectivity index (χ3v) is 4.61. The maximum atomic E-state index is 12.5. The summed E-state index contributed by atoms with van der Waals surface area (Å²) in [6.45, 7) is 3.33. The van der Waals surface area contributed by atoms with Gasteiger partial charge >= 0.3 is 12.0 Å². The van der Waals surface area contributed by atoms with Crippen molar-refractivity contribution < 1.29 is 19.1 Å². The number of nitrogens with one attached hydrogen (secondary N) is 1. The van der Waals surface area contributed by atoms with Crippen LogP contribution in [0.2, 0.25) is 0 Å². The summed E-state index contributed by atoms with van der Waals surface area (Å²) in [5, 5.41) is 2.75. The second-order valence-corrected chi connectivity index (χ2v) is 6.31. The Morgan fingerprint density at radius 2 is 1.83 bits per heavy atom. The molecule has 1 aliphatic carbocycles. The molecule has 2 aliphatic rings. The second kappa shape index (κ2) is 5.68. The van der Waals surface area contributed by atoms with Gasteiger partial charge in [0, 0.05) is 0 Å². The number of hydrogen-bond donors (Lipinski definition) is 1. The Bertz CT molecular complexity index is 657. The second-order valence-electron chi connectivity index (χ2n) is 6.31. The number of nitrogens with zero attached hydrogens (tertiary/aromatic N) is 1. The molecule has 122 valence electrons. The Morgan fingerprint density at radius 1 is 1.22 bits per heavy atom. The molecule has 1 aromatic rings. The number of para-hydroxylation sites is 1. The van der Waals surface area contributed by atoms with Crippen molar-refractivity contribution in [1.29, 1.82) is 0 Å². The van der Waals surface area contributed by atoms with Gasteiger partial charge in [0.15, 0.2) is 0 Å². The zero-order valence-electron chi connectivity index (χ0n) is 13.3. The molecule has 2 fully saturated rings. The predicted molar refractivity (Wildman–Crippen MR) is 83.0 cm³/mol. The van der Waals surface area contributed by atoms with Crippen molar-refractivity contribution in [2.75, 3.05) is 6.54 Å². The quantitative estimate of drug-likeness (QED) is 0.526. The first-order chi connectivity index (χ1) is 10.9. The Balaban J connectivity index is 1.71. The van der Waals surface area contributed by atoms with Crippen LogP contribution in [0.25, 0.3) is 0 Å². The third kappa shape index (κ3) is 2.69. The van der Waals surface area contributed by atoms with Gasteiger partial charge in [0.05, 0.1) is 0 Å². The standard InChI is InChI=1S/C17H20N2O4/c1-11-6-5-7-12(2)14(11)23-13(20)10-19-15(21)17(18-16(19)22)8-3-4-9-17/h5-7H,3-4,8-10H2,1-2H3,(H,18,22). The van der Waals surface area contributed by atoms with Gasteiger partial charge in [-0.3, -0.25) is 9.69 Å². The summed E-state index contributed by atoms with van der Waals surface area (Å²) in [4.78, 5) is 37.7. The van der Waals surface area contributed by atoms with Crippen LogP contribution in [0.15, 0.2) is 18.2 Å². The van der Waals surface area contributed by atoms with Crippen LogP contribution in [0.4, 0.5) is 4.79 Å². The van der Waals surface area contributed by atoms with E-state index in [2.05, 4.69) is 5.32 Å². The van der Waals surface area contributed by atoms with Crippen molar-refractivity contribution in [3.05, 3.63) is 29.3 Å². The van der Waals surface area contributed by atoms with Gasteiger partial charge < -0.3 is 10.1 Å². The molecule has 3 rings (SSSR count). The highest BCUT2D eigenvalue weighted by atomic mass is 16.5. The fraction of sp³-hybridized carbons (Fsp3) is 0.471. The molecule has 0 unspecified atom stereocenters. The van der Waals surface area contributed by atoms with Crippen molar-refractivity contribution in [1.82, 2.24) is 10.2 Å². The molecule has 1 aromatic carbocycles. The van der Waals surface area contributed by atoms with Gasteiger partial charge in [-0.2, -0.15) is 0 Å². The first kappa shape index (κ1) is 15.5. The first-order valence-corrected chi connectivity index (χ1v) is 7.84. The highest BCUT2D eigenvalue weighted by Crippen LogP contribution is 2.35. The number of esters is 1. The summed E-state index contributed by atoms with van der Waals surface area (Å²) >= 11 is 0. The number of carbonyl (C=O) groups excluding carboxylic acids is 3. The monoisotopic (exact) mass is 316 g/mol. The van der Waals surface area contributed by atoms with Gasteiger partial charge in [-0.05, 0) is 37.8 Å². The number of benzene rings is 1. The lowest BCUT2D eigenvalue weighted by Crippen LogP contribution is -2.44. The minimum absolute atomic E-state index is 0.307. The third-order valence-electron chi connectivity index (χ3n) is 4.61. The van der Waals surface area contributed by atoms with Crippen LogP contribution < -0.4 is 10.1 Å². The van der Waals surface area contributed by atoms with E-state index in [1.807, 2.05) is 32.0 Å². The van der Waals surface area contributed by atoms with Crippen LogP contribution in [-0.2, 0) is 9.59 Å². The summed E-state index contributed by atoms with van der Waals surface area (Å²) in [5.74, 6) is -0.431. The molecule has 0 aromatic heterocycles. The molecule has 1 saturated heterocycles. The summed E-state index contributed by atoms with van der Waals surface area (Å²) in [6, 6.07) is 5.06. The Kier molecular flexibility index (Phi) is 3.83. The molecule has 6 nitrogen and oxygen atoms in total. The fourth-order valence-corrected chi connectivity index (χ4v) is 3.37. The number of urea groups is 1. The molecule has 1 heterocycles. The lowest BCUT2D eigenvalue weighted by molar-refractivity contribution is -0.141. The Hall–Kier alpha value is -2.37. The minimum atomic E-state index is -0.796. The van der Waals surface area contributed by atoms with Crippen molar-refractivity contribution in [2.45, 2.75) is 45.1 Å². The SMILES string of the molecule is Cc1cccc(C)c1OC(=O)CN1C(=O)NC2(CCCC2)C1=O. The molecular weight excluding hydrogens is 296 g/mol. The van der Waals surface area contributed by atoms with E-state index >= 15 is 0 Å². The lowest BCUT2D eigenvalue weighted by Gasteiger charge is -2.19. The van der Waals surface area contributed by atoms with Crippen molar-refractivity contribution in [3.63, 3.8) is 0 Å². The summed E-state index contributed by atoms with van der Waals surface area (Å²) in [5.41, 5.74) is 0.876. The normalized spacial score (nSPS) is 19.3. The van der Waals surface area contributed by atoms with Crippen LogP contribution in [0.3, 0.4) is 0 Å². The van der Waals surface area contributed by atoms with Crippen LogP contribution in [0.1, 0.15) is 36.8 Å². The van der Waals surface area contributed by atoms with E-state index in [1.54, 1.807) is 0 Å². The molecule has 1 saturated carbocycles. The Morgan fingerprint density at radius 3 is 2.43 bits per heavy atom. The average molecular weight is 316 g/mol. The molecule has 1 N–H and O–H groups in total. The number of carbonyl (C=O) groups is 3. The summed E-state index contributed by atoms with van der Waals surface area (Å²) < 4.78 is 5.37. The average Bonchev–Trinajstić information content (AvgIpc) is 3.05. The number of hydrogen-bond acceptors (Lipinski definition) is 4. The molecule has 0 bridgehead atoms. The zero-order chi connectivity index (χ0) is 16.6. The number of amides is 3. The smallest absolute Gasteiger partial charge is 0.331 e. The number of rotatable bonds is 3. The van der Waals surface area contributed by atoms with E-state index in [-0.39, 0.29) is 12.5 Å². The van der Waals surface area contributed by atoms with Crippen molar-refractivity contribution in [3.8, 4) is 5.75 Å². The van der Waals surface area contributed by atoms with Gasteiger partial charge in [-0.1, -0.05) is 31.0 Å². The molecule has 1 aliphatic heterocycles. The van der Waals surface area contributed by atoms with Crippen LogP contribution in [0.5, 0.6) is 5.75 Å². The highest BCUT2D eigenvalue weighted by molar-refractivity contribution is 6.08. The van der Waals surface area contributed by atoms with Crippen molar-refractivity contribution in [2.24, 2.45) is 0 Å².